The van der Waals surface area contributed by atoms with Gasteiger partial charge in [-0.3, -0.25) is 0 Å². The molecule has 0 radical (unpaired) electrons. The van der Waals surface area contributed by atoms with E-state index in [0.29, 0.717) is 24.5 Å². The molecular weight excluding hydrogens is 205 g/mol. The van der Waals surface area contributed by atoms with Crippen molar-refractivity contribution in [1.29, 1.82) is 5.26 Å². The second-order valence-electron chi connectivity index (χ2n) is 3.77. The van der Waals surface area contributed by atoms with Gasteiger partial charge in [-0.05, 0) is 32.0 Å². The fourth-order valence-electron chi connectivity index (χ4n) is 1.56. The molecule has 0 bridgehead atoms. The lowest BCUT2D eigenvalue weighted by Crippen LogP contribution is -2.28. The normalized spacial score (nSPS) is 11.9. The van der Waals surface area contributed by atoms with Crippen molar-refractivity contribution in [1.82, 2.24) is 0 Å². The minimum atomic E-state index is -0.313. The number of nitriles is 1. The van der Waals surface area contributed by atoms with Gasteiger partial charge in [0.1, 0.15) is 5.82 Å². The minimum Gasteiger partial charge on any atom is -0.397 e. The van der Waals surface area contributed by atoms with Crippen molar-refractivity contribution < 1.29 is 4.39 Å². The fraction of sp³-hybridized carbons (Fsp3) is 0.417. The molecule has 1 atom stereocenters. The highest BCUT2D eigenvalue weighted by atomic mass is 19.1. The fourth-order valence-corrected chi connectivity index (χ4v) is 1.56. The van der Waals surface area contributed by atoms with Gasteiger partial charge in [-0.1, -0.05) is 0 Å². The van der Waals surface area contributed by atoms with Crippen LogP contribution in [0.2, 0.25) is 0 Å². The lowest BCUT2D eigenvalue weighted by molar-refractivity contribution is 0.624. The van der Waals surface area contributed by atoms with Crippen molar-refractivity contribution in [2.24, 2.45) is 5.92 Å². The van der Waals surface area contributed by atoms with Gasteiger partial charge in [0.15, 0.2) is 0 Å². The monoisotopic (exact) mass is 221 g/mol. The second kappa shape index (κ2) is 5.36. The Bertz CT molecular complexity index is 398. The van der Waals surface area contributed by atoms with E-state index in [2.05, 4.69) is 6.07 Å². The van der Waals surface area contributed by atoms with E-state index in [1.807, 2.05) is 18.7 Å². The molecule has 2 N–H and O–H groups in total. The molecule has 1 aromatic rings. The third-order valence-corrected chi connectivity index (χ3v) is 2.43. The van der Waals surface area contributed by atoms with E-state index >= 15 is 0 Å². The van der Waals surface area contributed by atoms with E-state index in [1.165, 1.54) is 12.1 Å². The van der Waals surface area contributed by atoms with Crippen LogP contribution in [-0.2, 0) is 0 Å². The van der Waals surface area contributed by atoms with Crippen molar-refractivity contribution >= 4 is 11.4 Å². The first-order valence-corrected chi connectivity index (χ1v) is 5.28. The summed E-state index contributed by atoms with van der Waals surface area (Å²) in [6.45, 7) is 5.03. The number of nitrogen functional groups attached to an aromatic ring is 1. The summed E-state index contributed by atoms with van der Waals surface area (Å²) >= 11 is 0. The van der Waals surface area contributed by atoms with E-state index in [9.17, 15) is 4.39 Å². The molecule has 0 spiro atoms. The number of anilines is 2. The van der Waals surface area contributed by atoms with Crippen molar-refractivity contribution in [3.63, 3.8) is 0 Å². The van der Waals surface area contributed by atoms with Crippen molar-refractivity contribution in [2.75, 3.05) is 23.7 Å². The zero-order valence-electron chi connectivity index (χ0n) is 9.57. The average molecular weight is 221 g/mol. The molecule has 0 aliphatic carbocycles. The SMILES string of the molecule is CCN(CC(C)C#N)c1cc(F)ccc1N. The molecule has 0 aromatic heterocycles. The van der Waals surface area contributed by atoms with Crippen LogP contribution in [0.1, 0.15) is 13.8 Å². The summed E-state index contributed by atoms with van der Waals surface area (Å²) in [6, 6.07) is 6.44. The van der Waals surface area contributed by atoms with Gasteiger partial charge in [0.05, 0.1) is 23.4 Å². The molecule has 1 unspecified atom stereocenters. The zero-order chi connectivity index (χ0) is 12.1. The number of hydrogen-bond donors (Lipinski definition) is 1. The Hall–Kier alpha value is -1.76. The number of halogens is 1. The summed E-state index contributed by atoms with van der Waals surface area (Å²) in [6.07, 6.45) is 0. The molecule has 1 rings (SSSR count). The number of rotatable bonds is 4. The maximum atomic E-state index is 13.1. The van der Waals surface area contributed by atoms with E-state index in [4.69, 9.17) is 11.0 Å². The van der Waals surface area contributed by atoms with Gasteiger partial charge in [-0.2, -0.15) is 5.26 Å². The van der Waals surface area contributed by atoms with Gasteiger partial charge in [0.2, 0.25) is 0 Å². The van der Waals surface area contributed by atoms with Crippen molar-refractivity contribution in [2.45, 2.75) is 13.8 Å². The maximum Gasteiger partial charge on any atom is 0.125 e. The van der Waals surface area contributed by atoms with Crippen LogP contribution in [0.4, 0.5) is 15.8 Å². The summed E-state index contributed by atoms with van der Waals surface area (Å²) in [5, 5.41) is 8.77. The van der Waals surface area contributed by atoms with Crippen LogP contribution < -0.4 is 10.6 Å². The standard InChI is InChI=1S/C12H16FN3/c1-3-16(8-9(2)7-14)12-6-10(13)4-5-11(12)15/h4-6,9H,3,8,15H2,1-2H3. The smallest absolute Gasteiger partial charge is 0.125 e. The first kappa shape index (κ1) is 12.3. The van der Waals surface area contributed by atoms with Crippen LogP contribution in [0.15, 0.2) is 18.2 Å². The summed E-state index contributed by atoms with van der Waals surface area (Å²) in [5.74, 6) is -0.421. The molecule has 0 saturated carbocycles. The Morgan fingerprint density at radius 1 is 1.56 bits per heavy atom. The van der Waals surface area contributed by atoms with Gasteiger partial charge in [-0.15, -0.1) is 0 Å². The highest BCUT2D eigenvalue weighted by molar-refractivity contribution is 5.67. The summed E-state index contributed by atoms with van der Waals surface area (Å²) in [7, 11) is 0. The predicted molar refractivity (Wildman–Crippen MR) is 63.5 cm³/mol. The van der Waals surface area contributed by atoms with Gasteiger partial charge in [0, 0.05) is 13.1 Å². The van der Waals surface area contributed by atoms with Crippen LogP contribution in [0.5, 0.6) is 0 Å². The highest BCUT2D eigenvalue weighted by Crippen LogP contribution is 2.24. The molecule has 0 fully saturated rings. The lowest BCUT2D eigenvalue weighted by Gasteiger charge is -2.25. The Kier molecular flexibility index (Phi) is 4.12. The van der Waals surface area contributed by atoms with Crippen molar-refractivity contribution in [3.8, 4) is 6.07 Å². The second-order valence-corrected chi connectivity index (χ2v) is 3.77. The Labute approximate surface area is 95.3 Å². The number of benzene rings is 1. The lowest BCUT2D eigenvalue weighted by atomic mass is 10.1. The molecule has 16 heavy (non-hydrogen) atoms. The largest absolute Gasteiger partial charge is 0.397 e. The molecule has 3 nitrogen and oxygen atoms in total. The van der Waals surface area contributed by atoms with Gasteiger partial charge >= 0.3 is 0 Å². The number of nitrogens with zero attached hydrogens (tertiary/aromatic N) is 2. The minimum absolute atomic E-state index is 0.109. The molecule has 0 heterocycles. The van der Waals surface area contributed by atoms with Crippen LogP contribution in [0.3, 0.4) is 0 Å². The topological polar surface area (TPSA) is 53.0 Å². The van der Waals surface area contributed by atoms with Crippen LogP contribution in [0.25, 0.3) is 0 Å². The van der Waals surface area contributed by atoms with E-state index < -0.39 is 0 Å². The quantitative estimate of drug-likeness (QED) is 0.794. The molecule has 0 saturated heterocycles. The molecule has 4 heteroatoms. The Morgan fingerprint density at radius 2 is 2.25 bits per heavy atom. The van der Waals surface area contributed by atoms with Crippen LogP contribution in [-0.4, -0.2) is 13.1 Å². The molecule has 0 aliphatic heterocycles. The first-order valence-electron chi connectivity index (χ1n) is 5.28. The van der Waals surface area contributed by atoms with Crippen molar-refractivity contribution in [3.05, 3.63) is 24.0 Å². The predicted octanol–water partition coefficient (Wildman–Crippen LogP) is 2.39. The first-order chi connectivity index (χ1) is 7.58. The molecule has 0 amide bonds. The van der Waals surface area contributed by atoms with E-state index in [-0.39, 0.29) is 11.7 Å². The summed E-state index contributed by atoms with van der Waals surface area (Å²) in [5.41, 5.74) is 6.98. The highest BCUT2D eigenvalue weighted by Gasteiger charge is 2.12. The van der Waals surface area contributed by atoms with Gasteiger partial charge < -0.3 is 10.6 Å². The van der Waals surface area contributed by atoms with E-state index in [1.54, 1.807) is 6.07 Å². The summed E-state index contributed by atoms with van der Waals surface area (Å²) < 4.78 is 13.1. The molecule has 1 aromatic carbocycles. The molecule has 0 aliphatic rings. The third-order valence-electron chi connectivity index (χ3n) is 2.43. The van der Waals surface area contributed by atoms with Crippen LogP contribution >= 0.6 is 0 Å². The number of nitrogens with two attached hydrogens (primary N) is 1. The number of hydrogen-bond acceptors (Lipinski definition) is 3. The van der Waals surface area contributed by atoms with Gasteiger partial charge in [0.25, 0.3) is 0 Å². The summed E-state index contributed by atoms with van der Waals surface area (Å²) in [4.78, 5) is 1.91. The molecule has 86 valence electrons. The molecular formula is C12H16FN3. The maximum absolute atomic E-state index is 13.1. The third kappa shape index (κ3) is 2.86. The average Bonchev–Trinajstić information content (AvgIpc) is 2.29. The van der Waals surface area contributed by atoms with E-state index in [0.717, 1.165) is 0 Å². The van der Waals surface area contributed by atoms with Gasteiger partial charge in [-0.25, -0.2) is 4.39 Å². The Morgan fingerprint density at radius 3 is 2.81 bits per heavy atom. The zero-order valence-corrected chi connectivity index (χ0v) is 9.57. The van der Waals surface area contributed by atoms with Crippen LogP contribution in [0, 0.1) is 23.1 Å². The Balaban J connectivity index is 2.95.